The molecule has 3 aromatic heterocycles. The average Bonchev–Trinajstić information content (AvgIpc) is 3.31. The van der Waals surface area contributed by atoms with Gasteiger partial charge in [-0.05, 0) is 30.7 Å². The number of hydrogen-bond acceptors (Lipinski definition) is 8. The number of hydrogen-bond donors (Lipinski definition) is 0. The van der Waals surface area contributed by atoms with Crippen molar-refractivity contribution in [2.24, 2.45) is 5.92 Å². The fraction of sp³-hybridized carbons (Fsp3) is 0.412. The van der Waals surface area contributed by atoms with Gasteiger partial charge in [-0.1, -0.05) is 4.80 Å². The molecule has 1 fully saturated rings. The smallest absolute Gasteiger partial charge is 0.350 e. The Hall–Kier alpha value is -3.24. The van der Waals surface area contributed by atoms with Crippen LogP contribution in [-0.4, -0.2) is 48.9 Å². The fourth-order valence-corrected chi connectivity index (χ4v) is 2.84. The van der Waals surface area contributed by atoms with Crippen LogP contribution in [0.25, 0.3) is 11.4 Å². The Balaban J connectivity index is 1.45. The molecule has 0 aromatic carbocycles. The number of tetrazole rings is 1. The van der Waals surface area contributed by atoms with Crippen LogP contribution in [0.4, 0.5) is 8.78 Å². The van der Waals surface area contributed by atoms with E-state index in [9.17, 15) is 8.78 Å². The molecule has 1 aliphatic rings. The number of alkyl halides is 2. The molecule has 0 N–H and O–H groups in total. The summed E-state index contributed by atoms with van der Waals surface area (Å²) in [6, 6.07) is 3.82. The van der Waals surface area contributed by atoms with Gasteiger partial charge in [0.25, 0.3) is 0 Å². The number of halogens is 2. The van der Waals surface area contributed by atoms with E-state index < -0.39 is 6.55 Å². The molecule has 1 saturated carbocycles. The van der Waals surface area contributed by atoms with Gasteiger partial charge in [0, 0.05) is 23.7 Å². The molecule has 3 heterocycles. The Bertz CT molecular complexity index is 964. The summed E-state index contributed by atoms with van der Waals surface area (Å²) in [6.07, 6.45) is 4.08. The molecule has 28 heavy (non-hydrogen) atoms. The molecule has 2 atom stereocenters. The molecule has 4 rings (SSSR count). The summed E-state index contributed by atoms with van der Waals surface area (Å²) in [6.45, 7) is -0.757. The van der Waals surface area contributed by atoms with Crippen molar-refractivity contribution in [2.75, 3.05) is 13.7 Å². The second-order valence-corrected chi connectivity index (χ2v) is 6.38. The molecule has 0 aliphatic heterocycles. The maximum absolute atomic E-state index is 12.7. The summed E-state index contributed by atoms with van der Waals surface area (Å²) in [5.74, 6) is 2.02. The van der Waals surface area contributed by atoms with Crippen molar-refractivity contribution in [3.8, 4) is 23.0 Å². The highest BCUT2D eigenvalue weighted by Gasteiger charge is 2.40. The number of aryl methyl sites for hydroxylation is 1. The topological polar surface area (TPSA) is 101 Å². The number of methoxy groups -OCH3 is 1. The number of ether oxygens (including phenoxy) is 2. The monoisotopic (exact) mass is 389 g/mol. The Morgan fingerprint density at radius 2 is 2.11 bits per heavy atom. The van der Waals surface area contributed by atoms with Crippen LogP contribution < -0.4 is 9.47 Å². The molecule has 146 valence electrons. The predicted octanol–water partition coefficient (Wildman–Crippen LogP) is 2.42. The van der Waals surface area contributed by atoms with Gasteiger partial charge >= 0.3 is 6.55 Å². The van der Waals surface area contributed by atoms with E-state index in [2.05, 4.69) is 30.4 Å². The summed E-state index contributed by atoms with van der Waals surface area (Å²) in [4.78, 5) is 13.0. The Kier molecular flexibility index (Phi) is 4.80. The molecule has 0 unspecified atom stereocenters. The lowest BCUT2D eigenvalue weighted by atomic mass is 10.2. The quantitative estimate of drug-likeness (QED) is 0.607. The van der Waals surface area contributed by atoms with E-state index in [1.54, 1.807) is 20.2 Å². The van der Waals surface area contributed by atoms with Gasteiger partial charge < -0.3 is 9.47 Å². The third-order valence-corrected chi connectivity index (χ3v) is 4.45. The van der Waals surface area contributed by atoms with Crippen molar-refractivity contribution in [3.05, 3.63) is 36.0 Å². The molecular formula is C17H17F2N7O2. The largest absolute Gasteiger partial charge is 0.495 e. The Labute approximate surface area is 158 Å². The molecule has 11 heteroatoms. The van der Waals surface area contributed by atoms with E-state index in [4.69, 9.17) is 9.47 Å². The molecule has 3 aromatic rings. The summed E-state index contributed by atoms with van der Waals surface area (Å²) in [5.41, 5.74) is 1.30. The van der Waals surface area contributed by atoms with Crippen molar-refractivity contribution >= 4 is 0 Å². The minimum atomic E-state index is -2.87. The second kappa shape index (κ2) is 7.41. The molecule has 0 amide bonds. The highest BCUT2D eigenvalue weighted by molar-refractivity contribution is 5.59. The van der Waals surface area contributed by atoms with E-state index >= 15 is 0 Å². The van der Waals surface area contributed by atoms with Gasteiger partial charge in [0.05, 0.1) is 19.9 Å². The highest BCUT2D eigenvalue weighted by Crippen LogP contribution is 2.47. The number of pyridine rings is 1. The molecule has 9 nitrogen and oxygen atoms in total. The zero-order chi connectivity index (χ0) is 19.7. The third-order valence-electron chi connectivity index (χ3n) is 4.45. The summed E-state index contributed by atoms with van der Waals surface area (Å²) >= 11 is 0. The van der Waals surface area contributed by atoms with Crippen molar-refractivity contribution in [1.82, 2.24) is 35.2 Å². The molecule has 0 saturated heterocycles. The van der Waals surface area contributed by atoms with Crippen LogP contribution in [0.15, 0.2) is 24.5 Å². The van der Waals surface area contributed by atoms with E-state index in [0.717, 1.165) is 12.1 Å². The lowest BCUT2D eigenvalue weighted by molar-refractivity contribution is 0.0397. The normalized spacial score (nSPS) is 18.3. The first-order chi connectivity index (χ1) is 13.5. The van der Waals surface area contributed by atoms with Gasteiger partial charge in [0.2, 0.25) is 11.7 Å². The van der Waals surface area contributed by atoms with Crippen molar-refractivity contribution in [3.63, 3.8) is 0 Å². The van der Waals surface area contributed by atoms with E-state index in [-0.39, 0.29) is 22.4 Å². The standard InChI is InChI=1S/C17H17F2N7O2/c1-9-20-7-13(15-23-25-26(24-15)17(18)19)16(22-9)28-8-10-5-12(10)14-4-3-11(27-2)6-21-14/h3-4,6-7,10,12,17H,5,8H2,1-2H3/t10-,12+/m1/s1. The highest BCUT2D eigenvalue weighted by atomic mass is 19.3. The SMILES string of the molecule is COc1ccc([C@H]2C[C@@H]2COc2nc(C)ncc2-c2nnn(C(F)F)n2)nc1. The van der Waals surface area contributed by atoms with E-state index in [1.807, 2.05) is 12.1 Å². The lowest BCUT2D eigenvalue weighted by Gasteiger charge is -2.08. The van der Waals surface area contributed by atoms with Crippen LogP contribution in [0.5, 0.6) is 11.6 Å². The van der Waals surface area contributed by atoms with E-state index in [1.165, 1.54) is 6.20 Å². The molecule has 0 spiro atoms. The van der Waals surface area contributed by atoms with Crippen LogP contribution in [0.1, 0.15) is 30.4 Å². The van der Waals surface area contributed by atoms with Crippen molar-refractivity contribution < 1.29 is 18.3 Å². The summed E-state index contributed by atoms with van der Waals surface area (Å²) in [5, 5.41) is 10.6. The Morgan fingerprint density at radius 1 is 1.25 bits per heavy atom. The van der Waals surface area contributed by atoms with Crippen LogP contribution in [0.2, 0.25) is 0 Å². The third kappa shape index (κ3) is 3.73. The first-order valence-corrected chi connectivity index (χ1v) is 8.59. The zero-order valence-electron chi connectivity index (χ0n) is 15.2. The summed E-state index contributed by atoms with van der Waals surface area (Å²) in [7, 11) is 1.60. The van der Waals surface area contributed by atoms with Crippen LogP contribution in [0, 0.1) is 12.8 Å². The first kappa shape index (κ1) is 18.1. The average molecular weight is 389 g/mol. The van der Waals surface area contributed by atoms with Gasteiger partial charge in [-0.25, -0.2) is 4.98 Å². The molecule has 1 aliphatic carbocycles. The molecule has 0 bridgehead atoms. The van der Waals surface area contributed by atoms with Gasteiger partial charge in [-0.2, -0.15) is 13.8 Å². The first-order valence-electron chi connectivity index (χ1n) is 8.59. The number of rotatable bonds is 7. The van der Waals surface area contributed by atoms with Crippen LogP contribution in [-0.2, 0) is 0 Å². The lowest BCUT2D eigenvalue weighted by Crippen LogP contribution is -2.06. The van der Waals surface area contributed by atoms with Crippen molar-refractivity contribution in [2.45, 2.75) is 25.8 Å². The maximum atomic E-state index is 12.7. The second-order valence-electron chi connectivity index (χ2n) is 6.38. The van der Waals surface area contributed by atoms with Crippen LogP contribution in [0.3, 0.4) is 0 Å². The summed E-state index contributed by atoms with van der Waals surface area (Å²) < 4.78 is 36.4. The van der Waals surface area contributed by atoms with Crippen LogP contribution >= 0.6 is 0 Å². The number of nitrogens with zero attached hydrogens (tertiary/aromatic N) is 7. The zero-order valence-corrected chi connectivity index (χ0v) is 15.2. The minimum absolute atomic E-state index is 0.0144. The molecule has 0 radical (unpaired) electrons. The molecular weight excluding hydrogens is 372 g/mol. The predicted molar refractivity (Wildman–Crippen MR) is 92.0 cm³/mol. The van der Waals surface area contributed by atoms with Gasteiger partial charge in [-0.15, -0.1) is 10.2 Å². The Morgan fingerprint density at radius 3 is 2.79 bits per heavy atom. The number of aromatic nitrogens is 7. The van der Waals surface area contributed by atoms with Gasteiger partial charge in [-0.3, -0.25) is 4.98 Å². The minimum Gasteiger partial charge on any atom is -0.495 e. The van der Waals surface area contributed by atoms with Gasteiger partial charge in [0.1, 0.15) is 17.1 Å². The van der Waals surface area contributed by atoms with Gasteiger partial charge in [0.15, 0.2) is 0 Å². The van der Waals surface area contributed by atoms with E-state index in [0.29, 0.717) is 29.7 Å². The van der Waals surface area contributed by atoms with Crippen molar-refractivity contribution in [1.29, 1.82) is 0 Å². The maximum Gasteiger partial charge on any atom is 0.350 e. The fourth-order valence-electron chi connectivity index (χ4n) is 2.84.